The van der Waals surface area contributed by atoms with Crippen molar-refractivity contribution in [2.45, 2.75) is 25.3 Å². The van der Waals surface area contributed by atoms with Crippen LogP contribution >= 0.6 is 0 Å². The third-order valence-electron chi connectivity index (χ3n) is 3.61. The van der Waals surface area contributed by atoms with Crippen LogP contribution in [-0.4, -0.2) is 25.0 Å². The van der Waals surface area contributed by atoms with Gasteiger partial charge in [-0.25, -0.2) is 4.39 Å². The van der Waals surface area contributed by atoms with Gasteiger partial charge in [0.05, 0.1) is 0 Å². The van der Waals surface area contributed by atoms with Gasteiger partial charge in [0, 0.05) is 24.7 Å². The van der Waals surface area contributed by atoms with Crippen molar-refractivity contribution in [3.8, 4) is 0 Å². The molecule has 1 aromatic rings. The zero-order valence-electron chi connectivity index (χ0n) is 10.4. The summed E-state index contributed by atoms with van der Waals surface area (Å²) in [5.74, 6) is 0.630. The summed E-state index contributed by atoms with van der Waals surface area (Å²) >= 11 is 0. The molecule has 17 heavy (non-hydrogen) atoms. The molecule has 0 aromatic heterocycles. The van der Waals surface area contributed by atoms with E-state index in [0.717, 1.165) is 19.0 Å². The first-order valence-corrected chi connectivity index (χ1v) is 6.35. The molecule has 0 radical (unpaired) electrons. The van der Waals surface area contributed by atoms with Crippen molar-refractivity contribution in [1.29, 1.82) is 0 Å². The summed E-state index contributed by atoms with van der Waals surface area (Å²) in [6, 6.07) is 6.55. The topological polar surface area (TPSA) is 29.3 Å². The Labute approximate surface area is 103 Å². The Morgan fingerprint density at radius 2 is 2.12 bits per heavy atom. The van der Waals surface area contributed by atoms with Crippen LogP contribution < -0.4 is 5.73 Å². The predicted molar refractivity (Wildman–Crippen MR) is 68.2 cm³/mol. The third-order valence-corrected chi connectivity index (χ3v) is 3.61. The van der Waals surface area contributed by atoms with E-state index in [2.05, 4.69) is 11.9 Å². The molecule has 0 amide bonds. The van der Waals surface area contributed by atoms with Gasteiger partial charge in [-0.2, -0.15) is 0 Å². The summed E-state index contributed by atoms with van der Waals surface area (Å²) in [5, 5.41) is 0. The molecule has 1 saturated carbocycles. The van der Waals surface area contributed by atoms with Gasteiger partial charge in [-0.1, -0.05) is 24.6 Å². The number of benzene rings is 1. The van der Waals surface area contributed by atoms with Crippen LogP contribution in [0.2, 0.25) is 0 Å². The van der Waals surface area contributed by atoms with E-state index in [9.17, 15) is 4.39 Å². The Kier molecular flexibility index (Phi) is 4.13. The second kappa shape index (κ2) is 5.61. The lowest BCUT2D eigenvalue weighted by Gasteiger charge is -2.31. The maximum absolute atomic E-state index is 13.5. The summed E-state index contributed by atoms with van der Waals surface area (Å²) in [4.78, 5) is 2.22. The maximum Gasteiger partial charge on any atom is 0.128 e. The molecule has 0 bridgehead atoms. The monoisotopic (exact) mass is 236 g/mol. The highest BCUT2D eigenvalue weighted by Crippen LogP contribution is 2.27. The van der Waals surface area contributed by atoms with Crippen LogP contribution in [0.15, 0.2) is 24.3 Å². The Bertz CT molecular complexity index is 363. The van der Waals surface area contributed by atoms with E-state index in [1.165, 1.54) is 25.3 Å². The van der Waals surface area contributed by atoms with Crippen molar-refractivity contribution < 1.29 is 4.39 Å². The first-order valence-electron chi connectivity index (χ1n) is 6.35. The largest absolute Gasteiger partial charge is 0.323 e. The first kappa shape index (κ1) is 12.5. The molecule has 1 atom stereocenters. The van der Waals surface area contributed by atoms with Gasteiger partial charge in [0.15, 0.2) is 0 Å². The maximum atomic E-state index is 13.5. The standard InChI is InChI=1S/C14H21FN2/c1-17(9-11-5-4-6-11)10-14(16)12-7-2-3-8-13(12)15/h2-3,7-8,11,14H,4-6,9-10,16H2,1H3. The van der Waals surface area contributed by atoms with Crippen LogP contribution in [0.4, 0.5) is 4.39 Å². The Morgan fingerprint density at radius 3 is 2.71 bits per heavy atom. The van der Waals surface area contributed by atoms with Gasteiger partial charge in [0.2, 0.25) is 0 Å². The normalized spacial score (nSPS) is 18.1. The molecule has 1 aliphatic carbocycles. The number of halogens is 1. The minimum absolute atomic E-state index is 0.197. The lowest BCUT2D eigenvalue weighted by atomic mass is 9.85. The Hall–Kier alpha value is -0.930. The zero-order valence-corrected chi connectivity index (χ0v) is 10.4. The molecule has 2 N–H and O–H groups in total. The SMILES string of the molecule is CN(CC1CCC1)CC(N)c1ccccc1F. The number of nitrogens with two attached hydrogens (primary N) is 1. The van der Waals surface area contributed by atoms with E-state index in [-0.39, 0.29) is 11.9 Å². The summed E-state index contributed by atoms with van der Waals surface area (Å²) in [7, 11) is 2.07. The van der Waals surface area contributed by atoms with Crippen LogP contribution in [0.5, 0.6) is 0 Å². The van der Waals surface area contributed by atoms with Crippen LogP contribution in [-0.2, 0) is 0 Å². The second-order valence-corrected chi connectivity index (χ2v) is 5.15. The van der Waals surface area contributed by atoms with Gasteiger partial charge in [-0.05, 0) is 31.9 Å². The van der Waals surface area contributed by atoms with Crippen molar-refractivity contribution in [1.82, 2.24) is 4.90 Å². The molecule has 1 fully saturated rings. The smallest absolute Gasteiger partial charge is 0.128 e. The van der Waals surface area contributed by atoms with Gasteiger partial charge in [-0.3, -0.25) is 0 Å². The average Bonchev–Trinajstić information content (AvgIpc) is 2.24. The summed E-state index contributed by atoms with van der Waals surface area (Å²) < 4.78 is 13.5. The molecule has 0 spiro atoms. The minimum atomic E-state index is -0.235. The summed E-state index contributed by atoms with van der Waals surface area (Å²) in [6.45, 7) is 1.81. The highest BCUT2D eigenvalue weighted by atomic mass is 19.1. The zero-order chi connectivity index (χ0) is 12.3. The number of hydrogen-bond donors (Lipinski definition) is 1. The van der Waals surface area contributed by atoms with Gasteiger partial charge < -0.3 is 10.6 Å². The van der Waals surface area contributed by atoms with Crippen LogP contribution in [0, 0.1) is 11.7 Å². The molecular weight excluding hydrogens is 215 g/mol. The van der Waals surface area contributed by atoms with Gasteiger partial charge in [-0.15, -0.1) is 0 Å². The van der Waals surface area contributed by atoms with Crippen molar-refractivity contribution in [2.75, 3.05) is 20.1 Å². The number of nitrogens with zero attached hydrogens (tertiary/aromatic N) is 1. The summed E-state index contributed by atoms with van der Waals surface area (Å²) in [5.41, 5.74) is 6.67. The van der Waals surface area contributed by atoms with E-state index < -0.39 is 0 Å². The fourth-order valence-electron chi connectivity index (χ4n) is 2.40. The highest BCUT2D eigenvalue weighted by Gasteiger charge is 2.20. The number of rotatable bonds is 5. The Balaban J connectivity index is 1.87. The van der Waals surface area contributed by atoms with Crippen LogP contribution in [0.1, 0.15) is 30.9 Å². The van der Waals surface area contributed by atoms with Gasteiger partial charge >= 0.3 is 0 Å². The third kappa shape index (κ3) is 3.27. The van der Waals surface area contributed by atoms with E-state index in [4.69, 9.17) is 5.73 Å². The molecule has 1 aliphatic rings. The molecule has 1 unspecified atom stereocenters. The minimum Gasteiger partial charge on any atom is -0.323 e. The average molecular weight is 236 g/mol. The van der Waals surface area contributed by atoms with Crippen molar-refractivity contribution in [3.05, 3.63) is 35.6 Å². The second-order valence-electron chi connectivity index (χ2n) is 5.15. The van der Waals surface area contributed by atoms with Crippen molar-refractivity contribution in [3.63, 3.8) is 0 Å². The number of likely N-dealkylation sites (N-methyl/N-ethyl adjacent to an activating group) is 1. The van der Waals surface area contributed by atoms with E-state index in [0.29, 0.717) is 5.56 Å². The van der Waals surface area contributed by atoms with Crippen LogP contribution in [0.25, 0.3) is 0 Å². The molecule has 0 saturated heterocycles. The van der Waals surface area contributed by atoms with Crippen molar-refractivity contribution in [2.24, 2.45) is 11.7 Å². The van der Waals surface area contributed by atoms with Crippen molar-refractivity contribution >= 4 is 0 Å². The lowest BCUT2D eigenvalue weighted by Crippen LogP contribution is -2.35. The fourth-order valence-corrected chi connectivity index (χ4v) is 2.40. The molecular formula is C14H21FN2. The van der Waals surface area contributed by atoms with E-state index in [1.54, 1.807) is 12.1 Å². The Morgan fingerprint density at radius 1 is 1.41 bits per heavy atom. The molecule has 2 rings (SSSR count). The fraction of sp³-hybridized carbons (Fsp3) is 0.571. The summed E-state index contributed by atoms with van der Waals surface area (Å²) in [6.07, 6.45) is 4.02. The number of hydrogen-bond acceptors (Lipinski definition) is 2. The molecule has 1 aromatic carbocycles. The van der Waals surface area contributed by atoms with Crippen LogP contribution in [0.3, 0.4) is 0 Å². The van der Waals surface area contributed by atoms with E-state index in [1.807, 2.05) is 6.07 Å². The molecule has 94 valence electrons. The van der Waals surface area contributed by atoms with E-state index >= 15 is 0 Å². The highest BCUT2D eigenvalue weighted by molar-refractivity contribution is 5.21. The molecule has 0 aliphatic heterocycles. The van der Waals surface area contributed by atoms with Gasteiger partial charge in [0.25, 0.3) is 0 Å². The molecule has 0 heterocycles. The molecule has 2 nitrogen and oxygen atoms in total. The lowest BCUT2D eigenvalue weighted by molar-refractivity contribution is 0.197. The first-order chi connectivity index (χ1) is 8.16. The predicted octanol–water partition coefficient (Wildman–Crippen LogP) is 2.56. The van der Waals surface area contributed by atoms with Gasteiger partial charge in [0.1, 0.15) is 5.82 Å². The molecule has 3 heteroatoms. The quantitative estimate of drug-likeness (QED) is 0.851.